The molecule has 0 saturated carbocycles. The van der Waals surface area contributed by atoms with Gasteiger partial charge in [0.2, 0.25) is 0 Å². The molecule has 2 N–H and O–H groups in total. The summed E-state index contributed by atoms with van der Waals surface area (Å²) >= 11 is 0. The minimum Gasteiger partial charge on any atom is -0.330 e. The molecule has 0 aliphatic rings. The molecule has 0 amide bonds. The second-order valence-electron chi connectivity index (χ2n) is 3.91. The van der Waals surface area contributed by atoms with Crippen LogP contribution in [0.15, 0.2) is 24.3 Å². The summed E-state index contributed by atoms with van der Waals surface area (Å²) in [6.45, 7) is 4.69. The Bertz CT molecular complexity index is 488. The lowest BCUT2D eigenvalue weighted by Gasteiger charge is -2.04. The summed E-state index contributed by atoms with van der Waals surface area (Å²) in [6, 6.07) is 8.21. The summed E-state index contributed by atoms with van der Waals surface area (Å²) in [5, 5.41) is 8.30. The van der Waals surface area contributed by atoms with Crippen LogP contribution in [0.1, 0.15) is 17.0 Å². The summed E-state index contributed by atoms with van der Waals surface area (Å²) in [4.78, 5) is 0. The van der Waals surface area contributed by atoms with Crippen molar-refractivity contribution in [2.45, 2.75) is 20.3 Å². The van der Waals surface area contributed by atoms with Crippen LogP contribution >= 0.6 is 0 Å². The van der Waals surface area contributed by atoms with Crippen LogP contribution < -0.4 is 5.73 Å². The Labute approximate surface area is 95.1 Å². The number of rotatable bonds is 3. The molecule has 1 aromatic carbocycles. The van der Waals surface area contributed by atoms with E-state index in [1.807, 2.05) is 23.7 Å². The minimum absolute atomic E-state index is 0.605. The SMILES string of the molecule is Cc1cccc(-n2nnc(CCN)c2C)c1. The van der Waals surface area contributed by atoms with Crippen molar-refractivity contribution < 1.29 is 0 Å². The van der Waals surface area contributed by atoms with Crippen molar-refractivity contribution >= 4 is 0 Å². The Hall–Kier alpha value is -1.68. The lowest BCUT2D eigenvalue weighted by Crippen LogP contribution is -2.05. The molecule has 0 spiro atoms. The highest BCUT2D eigenvalue weighted by Crippen LogP contribution is 2.13. The first-order valence-corrected chi connectivity index (χ1v) is 5.40. The second-order valence-corrected chi connectivity index (χ2v) is 3.91. The molecule has 1 heterocycles. The molecule has 0 unspecified atom stereocenters. The zero-order chi connectivity index (χ0) is 11.5. The van der Waals surface area contributed by atoms with E-state index in [0.717, 1.165) is 23.5 Å². The zero-order valence-corrected chi connectivity index (χ0v) is 9.64. The molecule has 4 nitrogen and oxygen atoms in total. The van der Waals surface area contributed by atoms with Gasteiger partial charge in [-0.15, -0.1) is 5.10 Å². The van der Waals surface area contributed by atoms with Gasteiger partial charge in [0.25, 0.3) is 0 Å². The Balaban J connectivity index is 2.41. The first-order chi connectivity index (χ1) is 7.72. The fourth-order valence-corrected chi connectivity index (χ4v) is 1.73. The maximum Gasteiger partial charge on any atom is 0.0873 e. The molecule has 0 saturated heterocycles. The summed E-state index contributed by atoms with van der Waals surface area (Å²) in [7, 11) is 0. The maximum absolute atomic E-state index is 5.52. The van der Waals surface area contributed by atoms with Gasteiger partial charge in [-0.05, 0) is 38.1 Å². The van der Waals surface area contributed by atoms with Crippen molar-refractivity contribution in [3.63, 3.8) is 0 Å². The number of nitrogens with zero attached hydrogens (tertiary/aromatic N) is 3. The van der Waals surface area contributed by atoms with Gasteiger partial charge >= 0.3 is 0 Å². The molecule has 16 heavy (non-hydrogen) atoms. The number of nitrogens with two attached hydrogens (primary N) is 1. The summed E-state index contributed by atoms with van der Waals surface area (Å²) < 4.78 is 1.86. The third kappa shape index (κ3) is 1.97. The molecule has 0 bridgehead atoms. The van der Waals surface area contributed by atoms with E-state index in [-0.39, 0.29) is 0 Å². The standard InChI is InChI=1S/C12H16N4/c1-9-4-3-5-11(8-9)16-10(2)12(6-7-13)14-15-16/h3-5,8H,6-7,13H2,1-2H3. The summed E-state index contributed by atoms with van der Waals surface area (Å²) in [5.74, 6) is 0. The average Bonchev–Trinajstić information content (AvgIpc) is 2.61. The number of benzene rings is 1. The fourth-order valence-electron chi connectivity index (χ4n) is 1.73. The molecular weight excluding hydrogens is 200 g/mol. The Morgan fingerprint density at radius 2 is 2.12 bits per heavy atom. The molecular formula is C12H16N4. The highest BCUT2D eigenvalue weighted by molar-refractivity contribution is 5.36. The van der Waals surface area contributed by atoms with Gasteiger partial charge in [0, 0.05) is 6.42 Å². The lowest BCUT2D eigenvalue weighted by molar-refractivity contribution is 0.781. The van der Waals surface area contributed by atoms with Crippen LogP contribution in [0.5, 0.6) is 0 Å². The van der Waals surface area contributed by atoms with Gasteiger partial charge in [0.05, 0.1) is 17.1 Å². The number of aromatic nitrogens is 3. The van der Waals surface area contributed by atoms with Gasteiger partial charge in [-0.2, -0.15) is 0 Å². The van der Waals surface area contributed by atoms with Crippen molar-refractivity contribution in [1.29, 1.82) is 0 Å². The topological polar surface area (TPSA) is 56.7 Å². The van der Waals surface area contributed by atoms with Crippen LogP contribution in [0.4, 0.5) is 0 Å². The first-order valence-electron chi connectivity index (χ1n) is 5.40. The number of hydrogen-bond acceptors (Lipinski definition) is 3. The minimum atomic E-state index is 0.605. The average molecular weight is 216 g/mol. The third-order valence-corrected chi connectivity index (χ3v) is 2.62. The van der Waals surface area contributed by atoms with E-state index in [1.165, 1.54) is 5.56 Å². The van der Waals surface area contributed by atoms with E-state index < -0.39 is 0 Å². The van der Waals surface area contributed by atoms with Crippen LogP contribution in [0, 0.1) is 13.8 Å². The van der Waals surface area contributed by atoms with E-state index in [9.17, 15) is 0 Å². The summed E-state index contributed by atoms with van der Waals surface area (Å²) in [5.41, 5.74) is 9.83. The molecule has 2 rings (SSSR count). The monoisotopic (exact) mass is 216 g/mol. The molecule has 0 atom stereocenters. The Morgan fingerprint density at radius 1 is 1.31 bits per heavy atom. The van der Waals surface area contributed by atoms with E-state index in [1.54, 1.807) is 0 Å². The quantitative estimate of drug-likeness (QED) is 0.843. The Kier molecular flexibility index (Phi) is 3.01. The smallest absolute Gasteiger partial charge is 0.0873 e. The fraction of sp³-hybridized carbons (Fsp3) is 0.333. The van der Waals surface area contributed by atoms with Gasteiger partial charge in [-0.1, -0.05) is 17.3 Å². The Morgan fingerprint density at radius 3 is 2.81 bits per heavy atom. The van der Waals surface area contributed by atoms with Gasteiger partial charge in [0.15, 0.2) is 0 Å². The third-order valence-electron chi connectivity index (χ3n) is 2.62. The second kappa shape index (κ2) is 4.45. The highest BCUT2D eigenvalue weighted by atomic mass is 15.4. The van der Waals surface area contributed by atoms with Crippen LogP contribution in [0.3, 0.4) is 0 Å². The lowest BCUT2D eigenvalue weighted by atomic mass is 10.2. The van der Waals surface area contributed by atoms with Crippen molar-refractivity contribution in [3.05, 3.63) is 41.2 Å². The van der Waals surface area contributed by atoms with Crippen molar-refractivity contribution in [2.24, 2.45) is 5.73 Å². The van der Waals surface area contributed by atoms with E-state index >= 15 is 0 Å². The van der Waals surface area contributed by atoms with Crippen molar-refractivity contribution in [2.75, 3.05) is 6.54 Å². The van der Waals surface area contributed by atoms with Gasteiger partial charge < -0.3 is 5.73 Å². The predicted octanol–water partition coefficient (Wildman–Crippen LogP) is 1.39. The van der Waals surface area contributed by atoms with E-state index in [0.29, 0.717) is 6.54 Å². The van der Waals surface area contributed by atoms with Crippen molar-refractivity contribution in [3.8, 4) is 5.69 Å². The van der Waals surface area contributed by atoms with Gasteiger partial charge in [-0.25, -0.2) is 4.68 Å². The molecule has 4 heteroatoms. The molecule has 0 fully saturated rings. The molecule has 0 aliphatic heterocycles. The van der Waals surface area contributed by atoms with Gasteiger partial charge in [0.1, 0.15) is 0 Å². The van der Waals surface area contributed by atoms with E-state index in [4.69, 9.17) is 5.73 Å². The zero-order valence-electron chi connectivity index (χ0n) is 9.64. The largest absolute Gasteiger partial charge is 0.330 e. The highest BCUT2D eigenvalue weighted by Gasteiger charge is 2.08. The molecule has 0 aliphatic carbocycles. The van der Waals surface area contributed by atoms with Crippen LogP contribution in [0.25, 0.3) is 5.69 Å². The van der Waals surface area contributed by atoms with Crippen molar-refractivity contribution in [1.82, 2.24) is 15.0 Å². The van der Waals surface area contributed by atoms with Crippen LogP contribution in [-0.4, -0.2) is 21.5 Å². The molecule has 0 radical (unpaired) electrons. The number of hydrogen-bond donors (Lipinski definition) is 1. The predicted molar refractivity (Wildman–Crippen MR) is 63.6 cm³/mol. The molecule has 84 valence electrons. The molecule has 2 aromatic rings. The summed E-state index contributed by atoms with van der Waals surface area (Å²) in [6.07, 6.45) is 0.775. The maximum atomic E-state index is 5.52. The van der Waals surface area contributed by atoms with E-state index in [2.05, 4.69) is 29.4 Å². The van der Waals surface area contributed by atoms with Gasteiger partial charge in [-0.3, -0.25) is 0 Å². The van der Waals surface area contributed by atoms with Crippen LogP contribution in [-0.2, 0) is 6.42 Å². The molecule has 1 aromatic heterocycles. The number of aryl methyl sites for hydroxylation is 1. The first kappa shape index (κ1) is 10.8. The normalized spacial score (nSPS) is 10.7. The van der Waals surface area contributed by atoms with Crippen LogP contribution in [0.2, 0.25) is 0 Å².